The smallest absolute Gasteiger partial charge is 0.257 e. The second-order valence-electron chi connectivity index (χ2n) is 3.74. The molecule has 0 fully saturated rings. The number of hydrogen-bond donors (Lipinski definition) is 1. The summed E-state index contributed by atoms with van der Waals surface area (Å²) in [7, 11) is 0. The van der Waals surface area contributed by atoms with E-state index >= 15 is 0 Å². The summed E-state index contributed by atoms with van der Waals surface area (Å²) in [5, 5.41) is 3.08. The lowest BCUT2D eigenvalue weighted by Gasteiger charge is -2.08. The summed E-state index contributed by atoms with van der Waals surface area (Å²) in [6.07, 6.45) is 0. The Balaban J connectivity index is 2.25. The second kappa shape index (κ2) is 5.67. The molecule has 0 saturated heterocycles. The zero-order chi connectivity index (χ0) is 13.1. The molecule has 0 unspecified atom stereocenters. The minimum absolute atomic E-state index is 0.183. The van der Waals surface area contributed by atoms with Crippen molar-refractivity contribution in [2.75, 3.05) is 5.32 Å². The van der Waals surface area contributed by atoms with Gasteiger partial charge >= 0.3 is 0 Å². The number of halogens is 2. The van der Waals surface area contributed by atoms with E-state index in [1.807, 2.05) is 19.1 Å². The maximum atomic E-state index is 12.1. The van der Waals surface area contributed by atoms with Crippen LogP contribution in [-0.2, 0) is 0 Å². The fraction of sp³-hybridized carbons (Fsp3) is 0.0769. The first-order chi connectivity index (χ1) is 8.58. The van der Waals surface area contributed by atoms with E-state index in [2.05, 4.69) is 32.9 Å². The fourth-order valence-corrected chi connectivity index (χ4v) is 2.25. The number of aromatic nitrogens is 1. The van der Waals surface area contributed by atoms with Gasteiger partial charge in [0.05, 0.1) is 5.56 Å². The van der Waals surface area contributed by atoms with Crippen molar-refractivity contribution in [1.82, 2.24) is 4.98 Å². The Bertz CT molecular complexity index is 601. The number of pyridine rings is 1. The van der Waals surface area contributed by atoms with Gasteiger partial charge in [-0.25, -0.2) is 4.98 Å². The molecule has 0 spiro atoms. The summed E-state index contributed by atoms with van der Waals surface area (Å²) in [4.78, 5) is 16.1. The van der Waals surface area contributed by atoms with Crippen LogP contribution in [-0.4, -0.2) is 10.9 Å². The number of hydrogen-bond acceptors (Lipinski definition) is 2. The van der Waals surface area contributed by atoms with Gasteiger partial charge < -0.3 is 5.32 Å². The first-order valence-corrected chi connectivity index (χ1v) is 6.72. The molecule has 18 heavy (non-hydrogen) atoms. The van der Waals surface area contributed by atoms with Crippen molar-refractivity contribution in [3.05, 3.63) is 56.2 Å². The van der Waals surface area contributed by atoms with Crippen molar-refractivity contribution >= 4 is 45.9 Å². The standard InChI is InChI=1S/C13H10ClIN2O/c1-8-4-2-5-9(12(8)15)13(18)17-11-7-3-6-10(14)16-11/h2-7H,1H3,(H,16,17,18). The van der Waals surface area contributed by atoms with Crippen molar-refractivity contribution in [3.8, 4) is 0 Å². The van der Waals surface area contributed by atoms with Gasteiger partial charge in [0, 0.05) is 3.57 Å². The maximum absolute atomic E-state index is 12.1. The summed E-state index contributed by atoms with van der Waals surface area (Å²) < 4.78 is 0.939. The topological polar surface area (TPSA) is 42.0 Å². The molecule has 0 aliphatic rings. The van der Waals surface area contributed by atoms with Crippen molar-refractivity contribution in [3.63, 3.8) is 0 Å². The molecule has 3 nitrogen and oxygen atoms in total. The van der Waals surface area contributed by atoms with Crippen molar-refractivity contribution in [2.45, 2.75) is 6.92 Å². The van der Waals surface area contributed by atoms with E-state index in [4.69, 9.17) is 11.6 Å². The molecule has 0 atom stereocenters. The van der Waals surface area contributed by atoms with Crippen LogP contribution < -0.4 is 5.32 Å². The molecule has 1 amide bonds. The zero-order valence-corrected chi connectivity index (χ0v) is 12.5. The first kappa shape index (κ1) is 13.3. The molecule has 0 bridgehead atoms. The van der Waals surface area contributed by atoms with E-state index in [1.54, 1.807) is 24.3 Å². The summed E-state index contributed by atoms with van der Waals surface area (Å²) >= 11 is 7.93. The van der Waals surface area contributed by atoms with Gasteiger partial charge in [0.1, 0.15) is 11.0 Å². The van der Waals surface area contributed by atoms with Crippen molar-refractivity contribution in [2.24, 2.45) is 0 Å². The van der Waals surface area contributed by atoms with Crippen molar-refractivity contribution < 1.29 is 4.79 Å². The quantitative estimate of drug-likeness (QED) is 0.642. The number of rotatable bonds is 2. The molecule has 0 aliphatic carbocycles. The van der Waals surface area contributed by atoms with Gasteiger partial charge in [-0.1, -0.05) is 29.8 Å². The lowest BCUT2D eigenvalue weighted by Crippen LogP contribution is -2.14. The summed E-state index contributed by atoms with van der Waals surface area (Å²) in [6.45, 7) is 1.97. The SMILES string of the molecule is Cc1cccc(C(=O)Nc2cccc(Cl)n2)c1I. The average Bonchev–Trinajstić information content (AvgIpc) is 2.32. The third-order valence-electron chi connectivity index (χ3n) is 2.39. The molecule has 0 radical (unpaired) electrons. The molecule has 1 heterocycles. The number of carbonyl (C=O) groups excluding carboxylic acids is 1. The Hall–Kier alpha value is -1.14. The third-order valence-corrected chi connectivity index (χ3v) is 4.04. The van der Waals surface area contributed by atoms with E-state index in [-0.39, 0.29) is 5.91 Å². The van der Waals surface area contributed by atoms with Crippen molar-refractivity contribution in [1.29, 1.82) is 0 Å². The van der Waals surface area contributed by atoms with Crippen LogP contribution in [0.4, 0.5) is 5.82 Å². The normalized spacial score (nSPS) is 10.2. The minimum Gasteiger partial charge on any atom is -0.306 e. The number of aryl methyl sites for hydroxylation is 1. The number of nitrogens with zero attached hydrogens (tertiary/aromatic N) is 1. The van der Waals surface area contributed by atoms with E-state index in [0.29, 0.717) is 16.5 Å². The van der Waals surface area contributed by atoms with Crippen LogP contribution in [0.25, 0.3) is 0 Å². The van der Waals surface area contributed by atoms with E-state index in [0.717, 1.165) is 9.13 Å². The predicted octanol–water partition coefficient (Wildman–Crippen LogP) is 3.90. The van der Waals surface area contributed by atoms with E-state index < -0.39 is 0 Å². The average molecular weight is 373 g/mol. The number of anilines is 1. The van der Waals surface area contributed by atoms with Crippen LogP contribution in [0.3, 0.4) is 0 Å². The van der Waals surface area contributed by atoms with Gasteiger partial charge in [0.15, 0.2) is 0 Å². The molecular weight excluding hydrogens is 363 g/mol. The molecule has 0 saturated carbocycles. The van der Waals surface area contributed by atoms with Crippen LogP contribution in [0.5, 0.6) is 0 Å². The summed E-state index contributed by atoms with van der Waals surface area (Å²) in [6, 6.07) is 10.7. The zero-order valence-electron chi connectivity index (χ0n) is 9.58. The van der Waals surface area contributed by atoms with Crippen LogP contribution in [0, 0.1) is 10.5 Å². The lowest BCUT2D eigenvalue weighted by molar-refractivity contribution is 0.102. The number of carbonyl (C=O) groups is 1. The molecule has 5 heteroatoms. The van der Waals surface area contributed by atoms with E-state index in [9.17, 15) is 4.79 Å². The van der Waals surface area contributed by atoms with Gasteiger partial charge in [0.25, 0.3) is 5.91 Å². The molecule has 2 aromatic rings. The molecule has 1 aromatic carbocycles. The summed E-state index contributed by atoms with van der Waals surface area (Å²) in [5.74, 6) is 0.266. The Morgan fingerprint density at radius 3 is 2.72 bits per heavy atom. The molecule has 92 valence electrons. The molecule has 0 aliphatic heterocycles. The van der Waals surface area contributed by atoms with E-state index in [1.165, 1.54) is 0 Å². The van der Waals surface area contributed by atoms with Gasteiger partial charge in [-0.15, -0.1) is 0 Å². The molecule has 2 rings (SSSR count). The maximum Gasteiger partial charge on any atom is 0.257 e. The highest BCUT2D eigenvalue weighted by Crippen LogP contribution is 2.18. The fourth-order valence-electron chi connectivity index (χ4n) is 1.48. The predicted molar refractivity (Wildman–Crippen MR) is 81.1 cm³/mol. The number of amides is 1. The van der Waals surface area contributed by atoms with Crippen LogP contribution in [0.1, 0.15) is 15.9 Å². The van der Waals surface area contributed by atoms with Gasteiger partial charge in [-0.3, -0.25) is 4.79 Å². The highest BCUT2D eigenvalue weighted by Gasteiger charge is 2.11. The highest BCUT2D eigenvalue weighted by molar-refractivity contribution is 14.1. The van der Waals surface area contributed by atoms with Crippen LogP contribution >= 0.6 is 34.2 Å². The largest absolute Gasteiger partial charge is 0.306 e. The second-order valence-corrected chi connectivity index (χ2v) is 5.20. The molecular formula is C13H10ClIN2O. The van der Waals surface area contributed by atoms with Crippen LogP contribution in [0.2, 0.25) is 5.15 Å². The van der Waals surface area contributed by atoms with Gasteiger partial charge in [-0.2, -0.15) is 0 Å². The monoisotopic (exact) mass is 372 g/mol. The highest BCUT2D eigenvalue weighted by atomic mass is 127. The van der Waals surface area contributed by atoms with Gasteiger partial charge in [-0.05, 0) is 53.3 Å². The van der Waals surface area contributed by atoms with Crippen LogP contribution in [0.15, 0.2) is 36.4 Å². The minimum atomic E-state index is -0.183. The Kier molecular flexibility index (Phi) is 4.19. The number of benzene rings is 1. The Morgan fingerprint density at radius 1 is 1.28 bits per heavy atom. The molecule has 1 N–H and O–H groups in total. The Morgan fingerprint density at radius 2 is 2.00 bits per heavy atom. The number of nitrogens with one attached hydrogen (secondary N) is 1. The lowest BCUT2D eigenvalue weighted by atomic mass is 10.1. The third kappa shape index (κ3) is 3.00. The molecule has 1 aromatic heterocycles. The summed E-state index contributed by atoms with van der Waals surface area (Å²) in [5.41, 5.74) is 1.71. The van der Waals surface area contributed by atoms with Gasteiger partial charge in [0.2, 0.25) is 0 Å². The first-order valence-electron chi connectivity index (χ1n) is 5.27. The Labute approximate surface area is 124 Å².